The van der Waals surface area contributed by atoms with Gasteiger partial charge in [-0.05, 0) is 24.3 Å². The predicted molar refractivity (Wildman–Crippen MR) is 73.7 cm³/mol. The highest BCUT2D eigenvalue weighted by Gasteiger charge is 2.15. The molecule has 0 saturated heterocycles. The van der Waals surface area contributed by atoms with Gasteiger partial charge in [0, 0.05) is 10.0 Å². The van der Waals surface area contributed by atoms with Crippen molar-refractivity contribution in [3.05, 3.63) is 64.4 Å². The van der Waals surface area contributed by atoms with E-state index in [0.717, 1.165) is 15.5 Å². The van der Waals surface area contributed by atoms with E-state index < -0.39 is 0 Å². The van der Waals surface area contributed by atoms with Gasteiger partial charge >= 0.3 is 0 Å². The van der Waals surface area contributed by atoms with Gasteiger partial charge in [-0.3, -0.25) is 4.79 Å². The minimum absolute atomic E-state index is 0.112. The van der Waals surface area contributed by atoms with E-state index in [-0.39, 0.29) is 5.78 Å². The minimum Gasteiger partial charge on any atom is -0.335 e. The monoisotopic (exact) mass is 300 g/mol. The molecule has 0 amide bonds. The Morgan fingerprint density at radius 3 is 2.56 bits per heavy atom. The van der Waals surface area contributed by atoms with E-state index in [0.29, 0.717) is 11.4 Å². The Morgan fingerprint density at radius 1 is 1.06 bits per heavy atom. The quantitative estimate of drug-likeness (QED) is 0.736. The molecule has 1 N–H and O–H groups in total. The summed E-state index contributed by atoms with van der Waals surface area (Å²) in [6, 6.07) is 14.9. The van der Waals surface area contributed by atoms with Crippen molar-refractivity contribution in [1.29, 1.82) is 0 Å². The van der Waals surface area contributed by atoms with Crippen LogP contribution in [0.1, 0.15) is 16.2 Å². The number of imidazole rings is 1. The average Bonchev–Trinajstić information content (AvgIpc) is 2.82. The summed E-state index contributed by atoms with van der Waals surface area (Å²) in [6.07, 6.45) is 0. The van der Waals surface area contributed by atoms with Crippen LogP contribution < -0.4 is 0 Å². The third-order valence-corrected chi connectivity index (χ3v) is 3.41. The highest BCUT2D eigenvalue weighted by Crippen LogP contribution is 2.20. The van der Waals surface area contributed by atoms with Gasteiger partial charge < -0.3 is 4.98 Å². The summed E-state index contributed by atoms with van der Waals surface area (Å²) in [5.41, 5.74) is 2.28. The van der Waals surface area contributed by atoms with Gasteiger partial charge in [-0.15, -0.1) is 0 Å². The number of carbonyl (C=O) groups excluding carboxylic acids is 1. The zero-order valence-corrected chi connectivity index (χ0v) is 10.9. The molecule has 3 rings (SSSR count). The van der Waals surface area contributed by atoms with Crippen molar-refractivity contribution in [2.75, 3.05) is 0 Å². The molecule has 0 bridgehead atoms. The first-order chi connectivity index (χ1) is 8.75. The molecular weight excluding hydrogens is 292 g/mol. The lowest BCUT2D eigenvalue weighted by atomic mass is 10.1. The number of aromatic nitrogens is 2. The molecule has 0 aliphatic carbocycles. The third kappa shape index (κ3) is 1.84. The number of para-hydroxylation sites is 2. The van der Waals surface area contributed by atoms with Gasteiger partial charge in [0.1, 0.15) is 0 Å². The molecule has 3 aromatic rings. The van der Waals surface area contributed by atoms with Crippen LogP contribution in [0, 0.1) is 0 Å². The second kappa shape index (κ2) is 4.38. The van der Waals surface area contributed by atoms with Crippen molar-refractivity contribution >= 4 is 32.7 Å². The van der Waals surface area contributed by atoms with Crippen molar-refractivity contribution < 1.29 is 4.79 Å². The second-order valence-electron chi connectivity index (χ2n) is 3.91. The zero-order chi connectivity index (χ0) is 12.5. The van der Waals surface area contributed by atoms with Gasteiger partial charge in [0.05, 0.1) is 11.0 Å². The smallest absolute Gasteiger partial charge is 0.229 e. The minimum atomic E-state index is -0.112. The van der Waals surface area contributed by atoms with Crippen LogP contribution >= 0.6 is 15.9 Å². The molecule has 3 nitrogen and oxygen atoms in total. The summed E-state index contributed by atoms with van der Waals surface area (Å²) >= 11 is 3.38. The van der Waals surface area contributed by atoms with Gasteiger partial charge in [0.2, 0.25) is 5.78 Å². The average molecular weight is 301 g/mol. The summed E-state index contributed by atoms with van der Waals surface area (Å²) in [5, 5.41) is 0. The number of benzene rings is 2. The molecule has 18 heavy (non-hydrogen) atoms. The van der Waals surface area contributed by atoms with E-state index in [4.69, 9.17) is 0 Å². The molecule has 2 aromatic carbocycles. The molecule has 0 fully saturated rings. The maximum atomic E-state index is 12.3. The van der Waals surface area contributed by atoms with Crippen LogP contribution in [-0.2, 0) is 0 Å². The van der Waals surface area contributed by atoms with Crippen LogP contribution in [0.4, 0.5) is 0 Å². The number of hydrogen-bond acceptors (Lipinski definition) is 2. The summed E-state index contributed by atoms with van der Waals surface area (Å²) < 4.78 is 0.774. The van der Waals surface area contributed by atoms with Crippen LogP contribution in [-0.4, -0.2) is 15.8 Å². The molecule has 0 atom stereocenters. The first-order valence-corrected chi connectivity index (χ1v) is 6.29. The van der Waals surface area contributed by atoms with Crippen molar-refractivity contribution in [1.82, 2.24) is 9.97 Å². The Balaban J connectivity index is 2.10. The molecule has 0 saturated carbocycles. The van der Waals surface area contributed by atoms with E-state index in [1.54, 1.807) is 6.07 Å². The van der Waals surface area contributed by atoms with Gasteiger partial charge in [-0.25, -0.2) is 4.98 Å². The van der Waals surface area contributed by atoms with Crippen LogP contribution in [0.2, 0.25) is 0 Å². The zero-order valence-electron chi connectivity index (χ0n) is 9.35. The fraction of sp³-hybridized carbons (Fsp3) is 0. The van der Waals surface area contributed by atoms with E-state index in [1.165, 1.54) is 0 Å². The summed E-state index contributed by atoms with van der Waals surface area (Å²) in [5.74, 6) is 0.252. The Kier molecular flexibility index (Phi) is 2.72. The fourth-order valence-corrected chi connectivity index (χ4v) is 2.30. The number of nitrogens with one attached hydrogen (secondary N) is 1. The van der Waals surface area contributed by atoms with Gasteiger partial charge in [-0.1, -0.05) is 40.2 Å². The molecular formula is C14H9BrN2O. The number of ketones is 1. The van der Waals surface area contributed by atoms with Crippen LogP contribution in [0.5, 0.6) is 0 Å². The maximum absolute atomic E-state index is 12.3. The maximum Gasteiger partial charge on any atom is 0.229 e. The van der Waals surface area contributed by atoms with Crippen molar-refractivity contribution in [3.63, 3.8) is 0 Å². The Bertz CT molecular complexity index is 700. The fourth-order valence-electron chi connectivity index (χ4n) is 1.83. The lowest BCUT2D eigenvalue weighted by Gasteiger charge is -1.99. The first kappa shape index (κ1) is 11.2. The molecule has 0 aliphatic heterocycles. The SMILES string of the molecule is O=C(c1nc2ccccc2[nH]1)c1ccccc1Br. The van der Waals surface area contributed by atoms with E-state index in [9.17, 15) is 4.79 Å². The number of H-pyrrole nitrogens is 1. The predicted octanol–water partition coefficient (Wildman–Crippen LogP) is 3.56. The largest absolute Gasteiger partial charge is 0.335 e. The van der Waals surface area contributed by atoms with Crippen molar-refractivity contribution in [2.24, 2.45) is 0 Å². The number of aromatic amines is 1. The number of rotatable bonds is 2. The number of halogens is 1. The Hall–Kier alpha value is -1.94. The van der Waals surface area contributed by atoms with Gasteiger partial charge in [0.15, 0.2) is 5.82 Å². The van der Waals surface area contributed by atoms with Crippen LogP contribution in [0.3, 0.4) is 0 Å². The molecule has 4 heteroatoms. The van der Waals surface area contributed by atoms with Gasteiger partial charge in [0.25, 0.3) is 0 Å². The molecule has 0 aliphatic rings. The topological polar surface area (TPSA) is 45.8 Å². The van der Waals surface area contributed by atoms with Gasteiger partial charge in [-0.2, -0.15) is 0 Å². The Morgan fingerprint density at radius 2 is 1.78 bits per heavy atom. The summed E-state index contributed by atoms with van der Waals surface area (Å²) in [7, 11) is 0. The molecule has 0 radical (unpaired) electrons. The number of hydrogen-bond donors (Lipinski definition) is 1. The standard InChI is InChI=1S/C14H9BrN2O/c15-10-6-2-1-5-9(10)13(18)14-16-11-7-3-4-8-12(11)17-14/h1-8H,(H,16,17). The molecule has 0 unspecified atom stereocenters. The van der Waals surface area contributed by atoms with Crippen LogP contribution in [0.25, 0.3) is 11.0 Å². The lowest BCUT2D eigenvalue weighted by molar-refractivity contribution is 0.103. The normalized spacial score (nSPS) is 10.7. The van der Waals surface area contributed by atoms with E-state index in [2.05, 4.69) is 25.9 Å². The molecule has 88 valence electrons. The highest BCUT2D eigenvalue weighted by atomic mass is 79.9. The van der Waals surface area contributed by atoms with E-state index in [1.807, 2.05) is 42.5 Å². The van der Waals surface area contributed by atoms with Crippen LogP contribution in [0.15, 0.2) is 53.0 Å². The molecule has 0 spiro atoms. The second-order valence-corrected chi connectivity index (χ2v) is 4.77. The summed E-state index contributed by atoms with van der Waals surface area (Å²) in [4.78, 5) is 19.7. The first-order valence-electron chi connectivity index (χ1n) is 5.50. The number of carbonyl (C=O) groups is 1. The van der Waals surface area contributed by atoms with Crippen molar-refractivity contribution in [2.45, 2.75) is 0 Å². The molecule has 1 heterocycles. The number of fused-ring (bicyclic) bond motifs is 1. The van der Waals surface area contributed by atoms with E-state index >= 15 is 0 Å². The highest BCUT2D eigenvalue weighted by molar-refractivity contribution is 9.10. The Labute approximate surface area is 112 Å². The molecule has 1 aromatic heterocycles. The number of nitrogens with zero attached hydrogens (tertiary/aromatic N) is 1. The third-order valence-electron chi connectivity index (χ3n) is 2.72. The lowest BCUT2D eigenvalue weighted by Crippen LogP contribution is -2.04. The van der Waals surface area contributed by atoms with Crippen molar-refractivity contribution in [3.8, 4) is 0 Å². The summed E-state index contributed by atoms with van der Waals surface area (Å²) in [6.45, 7) is 0.